The average molecular weight is 495 g/mol. The zero-order valence-electron chi connectivity index (χ0n) is 17.2. The molecule has 6 nitrogen and oxygen atoms in total. The molecule has 0 unspecified atom stereocenters. The molecule has 0 radical (unpaired) electrons. The van der Waals surface area contributed by atoms with E-state index in [4.69, 9.17) is 4.74 Å². The van der Waals surface area contributed by atoms with Crippen LogP contribution in [-0.2, 0) is 25.0 Å². The van der Waals surface area contributed by atoms with Gasteiger partial charge in [-0.3, -0.25) is 9.10 Å². The van der Waals surface area contributed by atoms with Crippen molar-refractivity contribution in [3.63, 3.8) is 0 Å². The van der Waals surface area contributed by atoms with Crippen LogP contribution in [0.5, 0.6) is 0 Å². The first-order valence-electron chi connectivity index (χ1n) is 9.85. The largest absolute Gasteiger partial charge is 0.381 e. The van der Waals surface area contributed by atoms with E-state index in [-0.39, 0.29) is 17.9 Å². The Bertz CT molecular complexity index is 989. The van der Waals surface area contributed by atoms with E-state index in [2.05, 4.69) is 33.4 Å². The molecule has 1 heterocycles. The van der Waals surface area contributed by atoms with E-state index in [1.54, 1.807) is 18.2 Å². The van der Waals surface area contributed by atoms with Crippen LogP contribution in [0.2, 0.25) is 0 Å². The third-order valence-electron chi connectivity index (χ3n) is 5.58. The van der Waals surface area contributed by atoms with Crippen LogP contribution in [-0.4, -0.2) is 46.9 Å². The molecule has 1 fully saturated rings. The van der Waals surface area contributed by atoms with Crippen molar-refractivity contribution in [2.45, 2.75) is 25.2 Å². The third-order valence-corrected chi connectivity index (χ3v) is 7.61. The molecule has 1 N–H and O–H groups in total. The number of carbonyl (C=O) groups excluding carboxylic acids is 1. The van der Waals surface area contributed by atoms with Gasteiger partial charge in [0.25, 0.3) is 0 Å². The van der Waals surface area contributed by atoms with Crippen LogP contribution in [0.15, 0.2) is 53.0 Å². The van der Waals surface area contributed by atoms with Gasteiger partial charge >= 0.3 is 0 Å². The first kappa shape index (κ1) is 22.8. The Hall–Kier alpha value is -1.90. The van der Waals surface area contributed by atoms with E-state index in [0.29, 0.717) is 25.4 Å². The predicted molar refractivity (Wildman–Crippen MR) is 122 cm³/mol. The molecule has 8 heteroatoms. The van der Waals surface area contributed by atoms with Crippen molar-refractivity contribution in [1.29, 1.82) is 0 Å². The summed E-state index contributed by atoms with van der Waals surface area (Å²) in [6, 6.07) is 15.3. The summed E-state index contributed by atoms with van der Waals surface area (Å²) in [6.07, 6.45) is 2.72. The normalized spacial score (nSPS) is 16.1. The van der Waals surface area contributed by atoms with Crippen molar-refractivity contribution >= 4 is 37.5 Å². The number of nitrogens with zero attached hydrogens (tertiary/aromatic N) is 1. The average Bonchev–Trinajstić information content (AvgIpc) is 2.73. The summed E-state index contributed by atoms with van der Waals surface area (Å²) < 4.78 is 32.3. The highest BCUT2D eigenvalue weighted by Crippen LogP contribution is 2.34. The quantitative estimate of drug-likeness (QED) is 0.639. The molecule has 30 heavy (non-hydrogen) atoms. The van der Waals surface area contributed by atoms with E-state index >= 15 is 0 Å². The van der Waals surface area contributed by atoms with Gasteiger partial charge in [0.1, 0.15) is 6.54 Å². The smallest absolute Gasteiger partial charge is 0.240 e. The van der Waals surface area contributed by atoms with Crippen molar-refractivity contribution in [2.24, 2.45) is 0 Å². The van der Waals surface area contributed by atoms with Gasteiger partial charge in [-0.15, -0.1) is 0 Å². The van der Waals surface area contributed by atoms with E-state index in [9.17, 15) is 13.2 Å². The van der Waals surface area contributed by atoms with E-state index in [1.165, 1.54) is 0 Å². The van der Waals surface area contributed by atoms with Crippen LogP contribution in [0.25, 0.3) is 0 Å². The molecule has 162 valence electrons. The van der Waals surface area contributed by atoms with Crippen LogP contribution < -0.4 is 9.62 Å². The Labute approximate surface area is 186 Å². The predicted octanol–water partition coefficient (Wildman–Crippen LogP) is 3.39. The number of nitrogens with one attached hydrogen (secondary N) is 1. The minimum absolute atomic E-state index is 0.209. The van der Waals surface area contributed by atoms with Gasteiger partial charge in [-0.25, -0.2) is 8.42 Å². The first-order valence-corrected chi connectivity index (χ1v) is 12.5. The molecule has 0 saturated carbocycles. The second kappa shape index (κ2) is 9.49. The molecule has 1 aliphatic heterocycles. The van der Waals surface area contributed by atoms with E-state index in [1.807, 2.05) is 25.1 Å². The minimum atomic E-state index is -3.62. The van der Waals surface area contributed by atoms with Crippen LogP contribution in [0.4, 0.5) is 5.69 Å². The Morgan fingerprint density at radius 1 is 1.17 bits per heavy atom. The van der Waals surface area contributed by atoms with Crippen molar-refractivity contribution in [3.05, 3.63) is 64.1 Å². The molecule has 0 spiro atoms. The molecule has 1 aliphatic rings. The number of benzene rings is 2. The molecule has 0 aliphatic carbocycles. The van der Waals surface area contributed by atoms with Gasteiger partial charge in [-0.05, 0) is 49.1 Å². The van der Waals surface area contributed by atoms with Crippen LogP contribution in [0.3, 0.4) is 0 Å². The molecule has 3 rings (SSSR count). The highest BCUT2D eigenvalue weighted by atomic mass is 79.9. The number of hydrogen-bond acceptors (Lipinski definition) is 4. The number of anilines is 1. The lowest BCUT2D eigenvalue weighted by Crippen LogP contribution is -2.47. The van der Waals surface area contributed by atoms with Crippen LogP contribution in [0.1, 0.15) is 24.0 Å². The number of hydrogen-bond donors (Lipinski definition) is 1. The topological polar surface area (TPSA) is 75.7 Å². The summed E-state index contributed by atoms with van der Waals surface area (Å²) in [6.45, 7) is 3.33. The Morgan fingerprint density at radius 2 is 1.83 bits per heavy atom. The van der Waals surface area contributed by atoms with Gasteiger partial charge in [-0.1, -0.05) is 46.3 Å². The number of sulfonamides is 1. The Morgan fingerprint density at radius 3 is 2.43 bits per heavy atom. The van der Waals surface area contributed by atoms with Crippen LogP contribution in [0, 0.1) is 6.92 Å². The van der Waals surface area contributed by atoms with Gasteiger partial charge in [-0.2, -0.15) is 0 Å². The number of rotatable bonds is 7. The molecule has 0 aromatic heterocycles. The first-order chi connectivity index (χ1) is 14.2. The third kappa shape index (κ3) is 5.42. The number of aryl methyl sites for hydroxylation is 1. The van der Waals surface area contributed by atoms with Crippen LogP contribution >= 0.6 is 15.9 Å². The zero-order chi connectivity index (χ0) is 21.8. The van der Waals surface area contributed by atoms with Gasteiger partial charge in [0.15, 0.2) is 0 Å². The SMILES string of the molecule is Cc1cc(N(CC(=O)NCC2(c3ccccc3)CCOCC2)S(C)(=O)=O)ccc1Br. The number of ether oxygens (including phenoxy) is 1. The molecule has 2 aromatic carbocycles. The number of halogens is 1. The van der Waals surface area contributed by atoms with Gasteiger partial charge in [0.2, 0.25) is 15.9 Å². The highest BCUT2D eigenvalue weighted by molar-refractivity contribution is 9.10. The number of carbonyl (C=O) groups is 1. The number of amides is 1. The molecule has 1 saturated heterocycles. The van der Waals surface area contributed by atoms with E-state index < -0.39 is 10.0 Å². The van der Waals surface area contributed by atoms with Crippen molar-refractivity contribution in [2.75, 3.05) is 36.9 Å². The van der Waals surface area contributed by atoms with Crippen molar-refractivity contribution in [3.8, 4) is 0 Å². The minimum Gasteiger partial charge on any atom is -0.381 e. The highest BCUT2D eigenvalue weighted by Gasteiger charge is 2.35. The van der Waals surface area contributed by atoms with E-state index in [0.717, 1.165) is 39.0 Å². The zero-order valence-corrected chi connectivity index (χ0v) is 19.6. The summed E-state index contributed by atoms with van der Waals surface area (Å²) >= 11 is 3.42. The monoisotopic (exact) mass is 494 g/mol. The van der Waals surface area contributed by atoms with Crippen molar-refractivity contribution in [1.82, 2.24) is 5.32 Å². The molecular formula is C22H27BrN2O4S. The van der Waals surface area contributed by atoms with Gasteiger partial charge in [0, 0.05) is 29.6 Å². The molecule has 2 aromatic rings. The molecule has 0 bridgehead atoms. The van der Waals surface area contributed by atoms with Crippen molar-refractivity contribution < 1.29 is 17.9 Å². The second-order valence-electron chi connectivity index (χ2n) is 7.74. The summed E-state index contributed by atoms with van der Waals surface area (Å²) in [4.78, 5) is 12.8. The standard InChI is InChI=1S/C22H27BrN2O4S/c1-17-14-19(8-9-20(17)23)25(30(2,27)28)15-21(26)24-16-22(10-12-29-13-11-22)18-6-4-3-5-7-18/h3-9,14H,10-13,15-16H2,1-2H3,(H,24,26). The summed E-state index contributed by atoms with van der Waals surface area (Å²) in [5, 5.41) is 2.98. The molecular weight excluding hydrogens is 468 g/mol. The maximum atomic E-state index is 12.8. The van der Waals surface area contributed by atoms with Gasteiger partial charge < -0.3 is 10.1 Å². The maximum Gasteiger partial charge on any atom is 0.240 e. The summed E-state index contributed by atoms with van der Waals surface area (Å²) in [7, 11) is -3.62. The second-order valence-corrected chi connectivity index (χ2v) is 10.5. The Balaban J connectivity index is 1.75. The molecule has 1 amide bonds. The lowest BCUT2D eigenvalue weighted by molar-refractivity contribution is -0.120. The maximum absolute atomic E-state index is 12.8. The Kier molecular flexibility index (Phi) is 7.21. The summed E-state index contributed by atoms with van der Waals surface area (Å²) in [5.41, 5.74) is 2.32. The fourth-order valence-corrected chi connectivity index (χ4v) is 4.85. The summed E-state index contributed by atoms with van der Waals surface area (Å²) in [5.74, 6) is -0.331. The fourth-order valence-electron chi connectivity index (χ4n) is 3.76. The lowest BCUT2D eigenvalue weighted by atomic mass is 9.74. The van der Waals surface area contributed by atoms with Gasteiger partial charge in [0.05, 0.1) is 11.9 Å². The fraction of sp³-hybridized carbons (Fsp3) is 0.409. The molecule has 0 atom stereocenters. The lowest BCUT2D eigenvalue weighted by Gasteiger charge is -2.38.